The summed E-state index contributed by atoms with van der Waals surface area (Å²) in [6.07, 6.45) is 0. The van der Waals surface area contributed by atoms with Gasteiger partial charge in [-0.15, -0.1) is 0 Å². The van der Waals surface area contributed by atoms with Crippen LogP contribution in [0.1, 0.15) is 0 Å². The van der Waals surface area contributed by atoms with Gasteiger partial charge in [0.05, 0.1) is 23.9 Å². The van der Waals surface area contributed by atoms with Crippen molar-refractivity contribution in [2.75, 3.05) is 39.3 Å². The minimum Gasteiger partial charge on any atom is -0.549 e. The molecule has 0 fully saturated rings. The van der Waals surface area contributed by atoms with Crippen molar-refractivity contribution in [2.45, 2.75) is 0 Å². The van der Waals surface area contributed by atoms with Gasteiger partial charge in [0, 0.05) is 39.3 Å². The molecule has 0 unspecified atom stereocenters. The zero-order valence-electron chi connectivity index (χ0n) is 10.9. The number of carboxylic acids is 4. The molecule has 138 valence electrons. The molecule has 0 aromatic heterocycles. The Morgan fingerprint density at radius 1 is 0.545 bits per heavy atom. The molecule has 0 saturated carbocycles. The van der Waals surface area contributed by atoms with Gasteiger partial charge in [-0.05, 0) is 0 Å². The van der Waals surface area contributed by atoms with Crippen LogP contribution < -0.4 is 20.4 Å². The van der Waals surface area contributed by atoms with Crippen molar-refractivity contribution in [2.24, 2.45) is 0 Å². The fraction of sp³-hybridized carbons (Fsp3) is 0.600. The van der Waals surface area contributed by atoms with Gasteiger partial charge in [0.2, 0.25) is 0 Å². The predicted octanol–water partition coefficient (Wildman–Crippen LogP) is -7.41. The molecule has 0 amide bonds. The van der Waals surface area contributed by atoms with Crippen molar-refractivity contribution < 1.29 is 133 Å². The van der Waals surface area contributed by atoms with Crippen molar-refractivity contribution in [1.82, 2.24) is 9.80 Å². The van der Waals surface area contributed by atoms with Gasteiger partial charge in [0.15, 0.2) is 0 Å². The van der Waals surface area contributed by atoms with Crippen LogP contribution in [-0.2, 0) is 19.2 Å². The number of hydrogen-bond acceptors (Lipinski definition) is 10. The molecule has 22 heavy (non-hydrogen) atoms. The number of carboxylic acid groups (broad SMARTS) is 4. The molecular weight excluding hydrogens is 622 g/mol. The second kappa shape index (κ2) is 15.4. The Kier molecular flexibility index (Phi) is 19.3. The molecule has 0 aliphatic heterocycles. The first-order chi connectivity index (χ1) is 9.20. The van der Waals surface area contributed by atoms with Crippen molar-refractivity contribution in [1.29, 1.82) is 0 Å². The van der Waals surface area contributed by atoms with E-state index in [-0.39, 0.29) is 107 Å². The Balaban J connectivity index is -0.00000180. The van der Waals surface area contributed by atoms with Crippen LogP contribution in [0, 0.1) is 93.8 Å². The predicted molar refractivity (Wildman–Crippen MR) is 52.9 cm³/mol. The summed E-state index contributed by atoms with van der Waals surface area (Å²) < 4.78 is 0. The van der Waals surface area contributed by atoms with Crippen molar-refractivity contribution >= 4 is 23.9 Å². The molecule has 12 heteroatoms. The van der Waals surface area contributed by atoms with Gasteiger partial charge in [-0.2, -0.15) is 0 Å². The number of carbonyl (C=O) groups is 4. The third kappa shape index (κ3) is 17.2. The molecule has 0 spiro atoms. The Morgan fingerprint density at radius 3 is 0.864 bits per heavy atom. The fourth-order valence-corrected chi connectivity index (χ4v) is 1.44. The molecule has 0 saturated heterocycles. The number of aliphatic carboxylic acids is 4. The standard InChI is InChI=1S/C10H16N2O8.2Yb/c13-7(14)3-11(4-8(15)16)1-2-12(5-9(17)18)6-10(19)20;;/h1-6H2,(H,13,14)(H,15,16)(H,17,18)(H,19,20);;/q;2*+2/p-4. The number of carbonyl (C=O) groups excluding carboxylic acids is 4. The molecule has 10 nitrogen and oxygen atoms in total. The van der Waals surface area contributed by atoms with Gasteiger partial charge in [-0.25, -0.2) is 0 Å². The summed E-state index contributed by atoms with van der Waals surface area (Å²) in [5, 5.41) is 41.6. The third-order valence-corrected chi connectivity index (χ3v) is 2.14. The summed E-state index contributed by atoms with van der Waals surface area (Å²) >= 11 is 0. The topological polar surface area (TPSA) is 167 Å². The van der Waals surface area contributed by atoms with Crippen LogP contribution in [-0.4, -0.2) is 72.9 Å². The van der Waals surface area contributed by atoms with E-state index in [1.165, 1.54) is 0 Å². The SMILES string of the molecule is O=C([O-])CN(CCN(CC(=O)[O-])CC(=O)[O-])CC(=O)[O-].[Yb+2].[Yb+2]. The van der Waals surface area contributed by atoms with Crippen LogP contribution in [0.4, 0.5) is 0 Å². The first-order valence-electron chi connectivity index (χ1n) is 5.44. The summed E-state index contributed by atoms with van der Waals surface area (Å²) in [6, 6.07) is 0. The van der Waals surface area contributed by atoms with Gasteiger partial charge in [0.25, 0.3) is 0 Å². The maximum atomic E-state index is 10.4. The maximum Gasteiger partial charge on any atom is 2.00 e. The van der Waals surface area contributed by atoms with E-state index >= 15 is 0 Å². The molecule has 0 bridgehead atoms. The Hall–Kier alpha value is 0.839. The van der Waals surface area contributed by atoms with Gasteiger partial charge >= 0.3 is 93.8 Å². The first kappa shape index (κ1) is 27.7. The molecule has 0 N–H and O–H groups in total. The molecule has 0 aliphatic rings. The summed E-state index contributed by atoms with van der Waals surface area (Å²) in [6.45, 7) is -3.25. The summed E-state index contributed by atoms with van der Waals surface area (Å²) in [7, 11) is 0. The van der Waals surface area contributed by atoms with Crippen molar-refractivity contribution in [3.63, 3.8) is 0 Å². The Morgan fingerprint density at radius 2 is 0.727 bits per heavy atom. The molecule has 0 aliphatic carbocycles. The van der Waals surface area contributed by atoms with Crippen molar-refractivity contribution in [3.8, 4) is 0 Å². The molecular formula is C10H12N2O8Yb2. The van der Waals surface area contributed by atoms with Gasteiger partial charge in [0.1, 0.15) is 0 Å². The Labute approximate surface area is 203 Å². The summed E-state index contributed by atoms with van der Waals surface area (Å²) in [4.78, 5) is 43.4. The summed E-state index contributed by atoms with van der Waals surface area (Å²) in [5.41, 5.74) is 0. The first-order valence-corrected chi connectivity index (χ1v) is 5.44. The average Bonchev–Trinajstić information content (AvgIpc) is 2.22. The van der Waals surface area contributed by atoms with E-state index in [1.54, 1.807) is 0 Å². The zero-order chi connectivity index (χ0) is 15.7. The minimum absolute atomic E-state index is 0. The van der Waals surface area contributed by atoms with Crippen LogP contribution in [0.2, 0.25) is 0 Å². The van der Waals surface area contributed by atoms with Crippen LogP contribution >= 0.6 is 0 Å². The van der Waals surface area contributed by atoms with E-state index in [9.17, 15) is 39.6 Å². The van der Waals surface area contributed by atoms with Gasteiger partial charge in [-0.3, -0.25) is 9.80 Å². The molecule has 0 aromatic carbocycles. The van der Waals surface area contributed by atoms with E-state index in [2.05, 4.69) is 0 Å². The number of nitrogens with zero attached hydrogens (tertiary/aromatic N) is 2. The number of rotatable bonds is 11. The van der Waals surface area contributed by atoms with Crippen molar-refractivity contribution in [3.05, 3.63) is 0 Å². The smallest absolute Gasteiger partial charge is 0.549 e. The monoisotopic (exact) mass is 636 g/mol. The quantitative estimate of drug-likeness (QED) is 0.213. The molecule has 0 rings (SSSR count). The van der Waals surface area contributed by atoms with Crippen LogP contribution in [0.15, 0.2) is 0 Å². The van der Waals surface area contributed by atoms with Crippen LogP contribution in [0.5, 0.6) is 0 Å². The van der Waals surface area contributed by atoms with E-state index in [0.29, 0.717) is 0 Å². The van der Waals surface area contributed by atoms with E-state index in [1.807, 2.05) is 0 Å². The largest absolute Gasteiger partial charge is 2.00 e. The molecule has 0 heterocycles. The minimum atomic E-state index is -1.53. The second-order valence-electron chi connectivity index (χ2n) is 3.91. The fourth-order valence-electron chi connectivity index (χ4n) is 1.44. The van der Waals surface area contributed by atoms with Gasteiger partial charge in [-0.1, -0.05) is 0 Å². The molecule has 0 atom stereocenters. The summed E-state index contributed by atoms with van der Waals surface area (Å²) in [5.74, 6) is -6.12. The molecule has 0 radical (unpaired) electrons. The second-order valence-corrected chi connectivity index (χ2v) is 3.91. The Bertz CT molecular complexity index is 325. The number of hydrogen-bond donors (Lipinski definition) is 0. The van der Waals surface area contributed by atoms with E-state index in [0.717, 1.165) is 9.80 Å². The maximum absolute atomic E-state index is 10.4. The van der Waals surface area contributed by atoms with Crippen LogP contribution in [0.25, 0.3) is 0 Å². The third-order valence-electron chi connectivity index (χ3n) is 2.14. The molecule has 0 aromatic rings. The van der Waals surface area contributed by atoms with E-state index in [4.69, 9.17) is 0 Å². The average molecular weight is 634 g/mol. The van der Waals surface area contributed by atoms with Crippen LogP contribution in [0.3, 0.4) is 0 Å². The van der Waals surface area contributed by atoms with Gasteiger partial charge < -0.3 is 39.6 Å². The zero-order valence-corrected chi connectivity index (χ0v) is 14.4. The van der Waals surface area contributed by atoms with E-state index < -0.39 is 50.1 Å². The normalized spacial score (nSPS) is 9.73.